The van der Waals surface area contributed by atoms with E-state index in [1.807, 2.05) is 67.8 Å². The van der Waals surface area contributed by atoms with Crippen molar-refractivity contribution in [3.63, 3.8) is 0 Å². The lowest BCUT2D eigenvalue weighted by molar-refractivity contribution is -0.133. The number of rotatable bonds is 24. The first-order valence-corrected chi connectivity index (χ1v) is 24.6. The molecule has 1 aliphatic heterocycles. The van der Waals surface area contributed by atoms with Gasteiger partial charge in [-0.3, -0.25) is 38.8 Å². The Labute approximate surface area is 409 Å². The summed E-state index contributed by atoms with van der Waals surface area (Å²) in [6.07, 6.45) is 13.1. The Balaban J connectivity index is 0.000000366. The molecule has 0 saturated carbocycles. The van der Waals surface area contributed by atoms with Gasteiger partial charge in [0.05, 0.1) is 30.9 Å². The molecule has 2 aromatic carbocycles. The highest BCUT2D eigenvalue weighted by Crippen LogP contribution is 2.16. The van der Waals surface area contributed by atoms with Gasteiger partial charge >= 0.3 is 6.03 Å². The van der Waals surface area contributed by atoms with E-state index in [0.717, 1.165) is 88.1 Å². The van der Waals surface area contributed by atoms with Crippen LogP contribution in [0.25, 0.3) is 0 Å². The van der Waals surface area contributed by atoms with E-state index < -0.39 is 17.9 Å². The van der Waals surface area contributed by atoms with Crippen molar-refractivity contribution in [3.8, 4) is 0 Å². The highest BCUT2D eigenvalue weighted by molar-refractivity contribution is 6.00. The van der Waals surface area contributed by atoms with E-state index in [9.17, 15) is 28.8 Å². The van der Waals surface area contributed by atoms with Crippen LogP contribution in [0.2, 0.25) is 0 Å². The number of aromatic nitrogens is 2. The van der Waals surface area contributed by atoms with Gasteiger partial charge in [0.2, 0.25) is 29.5 Å². The summed E-state index contributed by atoms with van der Waals surface area (Å²) in [7, 11) is 0. The molecule has 0 radical (unpaired) electrons. The van der Waals surface area contributed by atoms with E-state index >= 15 is 0 Å². The quantitative estimate of drug-likeness (QED) is 0.0389. The highest BCUT2D eigenvalue weighted by Gasteiger charge is 2.22. The summed E-state index contributed by atoms with van der Waals surface area (Å²) < 4.78 is 0. The van der Waals surface area contributed by atoms with E-state index in [-0.39, 0.29) is 43.3 Å². The number of benzene rings is 2. The Bertz CT molecular complexity index is 2080. The van der Waals surface area contributed by atoms with E-state index in [1.165, 1.54) is 6.42 Å². The minimum Gasteiger partial charge on any atom is -0.356 e. The number of nitrogens with one attached hydrogen (secondary N) is 6. The number of unbranched alkanes of at least 4 members (excludes halogenated alkanes) is 3. The third-order valence-corrected chi connectivity index (χ3v) is 10.8. The zero-order chi connectivity index (χ0) is 50.1. The maximum Gasteiger partial charge on any atom is 0.323 e. The van der Waals surface area contributed by atoms with Gasteiger partial charge in [-0.2, -0.15) is 0 Å². The first-order chi connectivity index (χ1) is 33.4. The van der Waals surface area contributed by atoms with Gasteiger partial charge in [0, 0.05) is 62.9 Å². The van der Waals surface area contributed by atoms with Crippen molar-refractivity contribution in [2.75, 3.05) is 49.9 Å². The number of para-hydroxylation sites is 1. The Morgan fingerprint density at radius 3 is 1.90 bits per heavy atom. The van der Waals surface area contributed by atoms with Crippen molar-refractivity contribution in [3.05, 3.63) is 120 Å². The number of urea groups is 1. The van der Waals surface area contributed by atoms with Crippen molar-refractivity contribution in [1.82, 2.24) is 41.0 Å². The van der Waals surface area contributed by atoms with Crippen molar-refractivity contribution in [1.29, 1.82) is 0 Å². The zero-order valence-electron chi connectivity index (χ0n) is 41.5. The smallest absolute Gasteiger partial charge is 0.323 e. The van der Waals surface area contributed by atoms with Gasteiger partial charge < -0.3 is 36.8 Å². The van der Waals surface area contributed by atoms with Crippen LogP contribution < -0.4 is 31.9 Å². The van der Waals surface area contributed by atoms with Gasteiger partial charge in [-0.15, -0.1) is 0 Å². The molecule has 1 atom stereocenters. The molecule has 0 bridgehead atoms. The molecule has 1 unspecified atom stereocenters. The number of hydrogen-bond acceptors (Lipinski definition) is 9. The van der Waals surface area contributed by atoms with Gasteiger partial charge in [-0.1, -0.05) is 89.4 Å². The molecule has 1 aliphatic rings. The monoisotopic (exact) mass is 949 g/mol. The molecular weight excluding hydrogens is 873 g/mol. The zero-order valence-corrected chi connectivity index (χ0v) is 41.5. The maximum atomic E-state index is 12.4. The predicted octanol–water partition coefficient (Wildman–Crippen LogP) is 7.30. The second kappa shape index (κ2) is 33.7. The highest BCUT2D eigenvalue weighted by atomic mass is 16.2. The number of hydrogen-bond donors (Lipinski definition) is 6. The molecule has 5 rings (SSSR count). The van der Waals surface area contributed by atoms with Gasteiger partial charge in [-0.25, -0.2) is 4.79 Å². The minimum atomic E-state index is -0.802. The topological polar surface area (TPSA) is 207 Å². The van der Waals surface area contributed by atoms with E-state index in [1.54, 1.807) is 36.1 Å². The second-order valence-electron chi connectivity index (χ2n) is 17.0. The fourth-order valence-corrected chi connectivity index (χ4v) is 7.04. The number of likely N-dealkylation sites (tertiary alicyclic amines) is 1. The first kappa shape index (κ1) is 56.6. The summed E-state index contributed by atoms with van der Waals surface area (Å²) in [6, 6.07) is 25.1. The third kappa shape index (κ3) is 24.3. The molecule has 69 heavy (non-hydrogen) atoms. The van der Waals surface area contributed by atoms with Crippen LogP contribution in [0.5, 0.6) is 0 Å². The van der Waals surface area contributed by atoms with Crippen LogP contribution >= 0.6 is 0 Å². The average Bonchev–Trinajstić information content (AvgIpc) is 3.90. The summed E-state index contributed by atoms with van der Waals surface area (Å²) in [5.74, 6) is -1.26. The molecule has 16 nitrogen and oxygen atoms in total. The molecule has 0 aliphatic carbocycles. The number of pyridine rings is 2. The molecule has 1 fully saturated rings. The number of anilines is 2. The third-order valence-electron chi connectivity index (χ3n) is 10.8. The first-order valence-electron chi connectivity index (χ1n) is 24.6. The lowest BCUT2D eigenvalue weighted by Gasteiger charge is -2.21. The van der Waals surface area contributed by atoms with E-state index in [0.29, 0.717) is 42.9 Å². The number of nitrogens with zero attached hydrogens (tertiary/aromatic N) is 4. The molecule has 3 heterocycles. The van der Waals surface area contributed by atoms with Gasteiger partial charge in [-0.05, 0) is 106 Å². The molecule has 7 amide bonds. The van der Waals surface area contributed by atoms with E-state index in [2.05, 4.69) is 79.7 Å². The molecular formula is C53H76N10O6. The lowest BCUT2D eigenvalue weighted by atomic mass is 10.1. The summed E-state index contributed by atoms with van der Waals surface area (Å²) in [6.45, 7) is 14.5. The van der Waals surface area contributed by atoms with Gasteiger partial charge in [0.1, 0.15) is 6.04 Å². The molecule has 6 N–H and O–H groups in total. The Kier molecular flexibility index (Phi) is 27.7. The van der Waals surface area contributed by atoms with Crippen molar-refractivity contribution >= 4 is 46.9 Å². The van der Waals surface area contributed by atoms with Crippen LogP contribution in [0.1, 0.15) is 114 Å². The molecule has 374 valence electrons. The van der Waals surface area contributed by atoms with Crippen LogP contribution in [0.4, 0.5) is 16.2 Å². The summed E-state index contributed by atoms with van der Waals surface area (Å²) in [5.41, 5.74) is 5.07. The molecule has 2 aromatic heterocycles. The second-order valence-corrected chi connectivity index (χ2v) is 17.0. The Morgan fingerprint density at radius 2 is 1.30 bits per heavy atom. The molecule has 4 aromatic rings. The summed E-state index contributed by atoms with van der Waals surface area (Å²) in [4.78, 5) is 86.1. The molecule has 16 heteroatoms. The van der Waals surface area contributed by atoms with Crippen LogP contribution in [0.15, 0.2) is 97.3 Å². The summed E-state index contributed by atoms with van der Waals surface area (Å²) >= 11 is 0. The fourth-order valence-electron chi connectivity index (χ4n) is 7.04. The standard InChI is InChI=1S/C28H36N6O5.C22H32N4O.C3H8/c1-3-22(27(38)30-18-26(37)34-14-6-7-15-34)32-25(36)17-29-24(35)16-20-10-12-21(13-11-20)31-28(39)33-23-9-5-4-8-19(23)2;1-2-3-14-25-22(27)13-5-4-10-17-26(18-20-11-6-8-15-23-20)19-21-12-7-9-16-24-21;1-3-2/h4-5,8-13,22H,3,6-7,14-18H2,1-2H3,(H,29,35)(H,30,38)(H,32,36)(H2,31,33,39);6-9,11-12,15-16H,2-5,10,13-14,17-19H2,1H3,(H,25,27);3H2,1-2H3. The SMILES string of the molecule is CCC.CCC(NC(=O)CNC(=O)Cc1ccc(NC(=O)Nc2ccccc2C)cc1)C(=O)NCC(=O)N1CCCC1.CCCCNC(=O)CCCCCN(Cc1ccccn1)Cc1ccccn1. The molecule has 0 spiro atoms. The normalized spacial score (nSPS) is 12.0. The fraction of sp³-hybridized carbons (Fsp3) is 0.472. The van der Waals surface area contributed by atoms with Crippen molar-refractivity contribution in [2.45, 2.75) is 124 Å². The van der Waals surface area contributed by atoms with Crippen LogP contribution in [-0.2, 0) is 43.5 Å². The van der Waals surface area contributed by atoms with E-state index in [4.69, 9.17) is 0 Å². The average molecular weight is 949 g/mol. The Hall–Kier alpha value is -6.68. The number of carbonyl (C=O) groups excluding carboxylic acids is 6. The molecule has 1 saturated heterocycles. The van der Waals surface area contributed by atoms with Crippen molar-refractivity contribution < 1.29 is 28.8 Å². The summed E-state index contributed by atoms with van der Waals surface area (Å²) in [5, 5.41) is 16.2. The lowest BCUT2D eigenvalue weighted by Crippen LogP contribution is -2.51. The minimum absolute atomic E-state index is 0.0409. The number of aryl methyl sites for hydroxylation is 1. The predicted molar refractivity (Wildman–Crippen MR) is 273 cm³/mol. The van der Waals surface area contributed by atoms with Gasteiger partial charge in [0.15, 0.2) is 0 Å². The van der Waals surface area contributed by atoms with Crippen molar-refractivity contribution in [2.24, 2.45) is 0 Å². The number of carbonyl (C=O) groups is 6. The largest absolute Gasteiger partial charge is 0.356 e. The maximum absolute atomic E-state index is 12.4. The van der Waals surface area contributed by atoms with Crippen LogP contribution in [-0.4, -0.2) is 101 Å². The number of amides is 7. The Morgan fingerprint density at radius 1 is 0.667 bits per heavy atom. The van der Waals surface area contributed by atoms with Crippen LogP contribution in [0, 0.1) is 6.92 Å². The van der Waals surface area contributed by atoms with Gasteiger partial charge in [0.25, 0.3) is 0 Å². The van der Waals surface area contributed by atoms with Crippen LogP contribution in [0.3, 0.4) is 0 Å².